The molecule has 0 spiro atoms. The number of fused-ring (bicyclic) bond motifs is 1. The fourth-order valence-corrected chi connectivity index (χ4v) is 3.54. The molecule has 1 N–H and O–H groups in total. The molecule has 0 aliphatic carbocycles. The fraction of sp³-hybridized carbons (Fsp3) is 0.429. The van der Waals surface area contributed by atoms with Crippen molar-refractivity contribution < 1.29 is 14.3 Å². The normalized spacial score (nSPS) is 17.3. The summed E-state index contributed by atoms with van der Waals surface area (Å²) in [6.45, 7) is 6.41. The summed E-state index contributed by atoms with van der Waals surface area (Å²) in [4.78, 5) is 25.1. The van der Waals surface area contributed by atoms with E-state index in [4.69, 9.17) is 4.74 Å². The Bertz CT molecular complexity index is 810. The van der Waals surface area contributed by atoms with Crippen LogP contribution < -0.4 is 5.32 Å². The van der Waals surface area contributed by atoms with E-state index in [0.29, 0.717) is 6.41 Å². The summed E-state index contributed by atoms with van der Waals surface area (Å²) in [5.74, 6) is 0. The van der Waals surface area contributed by atoms with Crippen LogP contribution in [0.25, 0.3) is 10.8 Å². The number of benzene rings is 2. The van der Waals surface area contributed by atoms with Crippen molar-refractivity contribution in [3.63, 3.8) is 0 Å². The molecule has 0 bridgehead atoms. The van der Waals surface area contributed by atoms with Gasteiger partial charge in [-0.1, -0.05) is 24.3 Å². The van der Waals surface area contributed by atoms with Gasteiger partial charge in [-0.05, 0) is 68.5 Å². The molecule has 138 valence electrons. The monoisotopic (exact) mass is 354 g/mol. The maximum atomic E-state index is 12.5. The number of carbonyl (C=O) groups is 2. The standard InChI is InChI=1S/C21H26N2O3/c1-21(2,3)26-20(25)23-11-5-8-18(23)12-16-7-4-6-15-9-10-17(22-14-24)13-19(15)16/h4,6-7,9-10,13-14,18H,5,8,11-12H2,1-3H3,(H,22,24)/t18-/m1/s1. The third kappa shape index (κ3) is 4.15. The second-order valence-electron chi connectivity index (χ2n) is 7.79. The first kappa shape index (κ1) is 18.2. The highest BCUT2D eigenvalue weighted by Gasteiger charge is 2.32. The Labute approximate surface area is 154 Å². The van der Waals surface area contributed by atoms with Gasteiger partial charge < -0.3 is 15.0 Å². The van der Waals surface area contributed by atoms with Crippen LogP contribution in [-0.2, 0) is 16.0 Å². The largest absolute Gasteiger partial charge is 0.444 e. The summed E-state index contributed by atoms with van der Waals surface area (Å²) in [5, 5.41) is 4.94. The van der Waals surface area contributed by atoms with Crippen molar-refractivity contribution in [2.75, 3.05) is 11.9 Å². The minimum absolute atomic E-state index is 0.137. The molecule has 0 saturated carbocycles. The minimum atomic E-state index is -0.487. The molecule has 1 aliphatic rings. The predicted molar refractivity (Wildman–Crippen MR) is 103 cm³/mol. The lowest BCUT2D eigenvalue weighted by molar-refractivity contribution is -0.105. The number of ether oxygens (including phenoxy) is 1. The van der Waals surface area contributed by atoms with Crippen LogP contribution in [0.15, 0.2) is 36.4 Å². The van der Waals surface area contributed by atoms with E-state index in [1.807, 2.05) is 49.9 Å². The number of nitrogens with zero attached hydrogens (tertiary/aromatic N) is 1. The average molecular weight is 354 g/mol. The Morgan fingerprint density at radius 2 is 2.12 bits per heavy atom. The van der Waals surface area contributed by atoms with Gasteiger partial charge in [-0.15, -0.1) is 0 Å². The number of likely N-dealkylation sites (tertiary alicyclic amines) is 1. The van der Waals surface area contributed by atoms with Crippen molar-refractivity contribution in [2.45, 2.75) is 51.7 Å². The van der Waals surface area contributed by atoms with Crippen LogP contribution in [0.4, 0.5) is 10.5 Å². The molecule has 1 heterocycles. The van der Waals surface area contributed by atoms with Gasteiger partial charge in [0.2, 0.25) is 6.41 Å². The maximum absolute atomic E-state index is 12.5. The average Bonchev–Trinajstić information content (AvgIpc) is 3.02. The van der Waals surface area contributed by atoms with Crippen LogP contribution in [0.5, 0.6) is 0 Å². The zero-order chi connectivity index (χ0) is 18.7. The zero-order valence-corrected chi connectivity index (χ0v) is 15.6. The molecule has 5 heteroatoms. The highest BCUT2D eigenvalue weighted by molar-refractivity contribution is 5.90. The fourth-order valence-electron chi connectivity index (χ4n) is 3.54. The Hall–Kier alpha value is -2.56. The van der Waals surface area contributed by atoms with Crippen molar-refractivity contribution in [2.24, 2.45) is 0 Å². The molecule has 1 atom stereocenters. The Kier molecular flexibility index (Phi) is 5.16. The molecule has 1 saturated heterocycles. The van der Waals surface area contributed by atoms with Gasteiger partial charge in [0, 0.05) is 18.3 Å². The molecule has 1 fully saturated rings. The maximum Gasteiger partial charge on any atom is 0.410 e. The summed E-state index contributed by atoms with van der Waals surface area (Å²) in [6, 6.07) is 12.2. The number of carbonyl (C=O) groups excluding carboxylic acids is 2. The molecular weight excluding hydrogens is 328 g/mol. The Morgan fingerprint density at radius 1 is 1.31 bits per heavy atom. The summed E-state index contributed by atoms with van der Waals surface area (Å²) in [7, 11) is 0. The SMILES string of the molecule is CC(C)(C)OC(=O)N1CCC[C@@H]1Cc1cccc2ccc(NC=O)cc12. The van der Waals surface area contributed by atoms with Gasteiger partial charge in [-0.25, -0.2) is 4.79 Å². The molecule has 2 aromatic carbocycles. The van der Waals surface area contributed by atoms with E-state index in [0.717, 1.165) is 42.3 Å². The Morgan fingerprint density at radius 3 is 2.85 bits per heavy atom. The highest BCUT2D eigenvalue weighted by Crippen LogP contribution is 2.28. The van der Waals surface area contributed by atoms with E-state index in [1.54, 1.807) is 0 Å². The minimum Gasteiger partial charge on any atom is -0.444 e. The van der Waals surface area contributed by atoms with Gasteiger partial charge in [0.1, 0.15) is 5.60 Å². The molecule has 0 aromatic heterocycles. The number of anilines is 1. The number of hydrogen-bond acceptors (Lipinski definition) is 3. The summed E-state index contributed by atoms with van der Waals surface area (Å²) < 4.78 is 5.57. The smallest absolute Gasteiger partial charge is 0.410 e. The van der Waals surface area contributed by atoms with Crippen LogP contribution in [0, 0.1) is 0 Å². The first-order valence-electron chi connectivity index (χ1n) is 9.09. The summed E-state index contributed by atoms with van der Waals surface area (Å²) in [6.07, 6.45) is 3.20. The molecule has 0 radical (unpaired) electrons. The summed E-state index contributed by atoms with van der Waals surface area (Å²) in [5.41, 5.74) is 1.46. The van der Waals surface area contributed by atoms with E-state index in [2.05, 4.69) is 17.4 Å². The van der Waals surface area contributed by atoms with E-state index in [-0.39, 0.29) is 12.1 Å². The molecule has 26 heavy (non-hydrogen) atoms. The lowest BCUT2D eigenvalue weighted by Gasteiger charge is -2.29. The lowest BCUT2D eigenvalue weighted by atomic mass is 9.97. The summed E-state index contributed by atoms with van der Waals surface area (Å²) >= 11 is 0. The van der Waals surface area contributed by atoms with Crippen molar-refractivity contribution in [3.8, 4) is 0 Å². The number of hydrogen-bond donors (Lipinski definition) is 1. The van der Waals surface area contributed by atoms with Crippen LogP contribution in [0.3, 0.4) is 0 Å². The second kappa shape index (κ2) is 7.36. The number of amides is 2. The van der Waals surface area contributed by atoms with Crippen LogP contribution in [0.1, 0.15) is 39.2 Å². The van der Waals surface area contributed by atoms with Crippen molar-refractivity contribution >= 4 is 29.0 Å². The van der Waals surface area contributed by atoms with Gasteiger partial charge in [0.25, 0.3) is 0 Å². The molecule has 2 amide bonds. The molecule has 5 nitrogen and oxygen atoms in total. The van der Waals surface area contributed by atoms with Crippen LogP contribution in [0.2, 0.25) is 0 Å². The zero-order valence-electron chi connectivity index (χ0n) is 15.6. The van der Waals surface area contributed by atoms with Crippen molar-refractivity contribution in [1.29, 1.82) is 0 Å². The third-order valence-electron chi connectivity index (χ3n) is 4.66. The van der Waals surface area contributed by atoms with Gasteiger partial charge in [0.05, 0.1) is 0 Å². The van der Waals surface area contributed by atoms with Gasteiger partial charge in [-0.3, -0.25) is 4.79 Å². The van der Waals surface area contributed by atoms with Gasteiger partial charge >= 0.3 is 6.09 Å². The van der Waals surface area contributed by atoms with Crippen molar-refractivity contribution in [1.82, 2.24) is 4.90 Å². The molecule has 1 aliphatic heterocycles. The lowest BCUT2D eigenvalue weighted by Crippen LogP contribution is -2.40. The van der Waals surface area contributed by atoms with E-state index < -0.39 is 5.60 Å². The van der Waals surface area contributed by atoms with E-state index in [9.17, 15) is 9.59 Å². The molecule has 2 aromatic rings. The Balaban J connectivity index is 1.84. The number of rotatable bonds is 4. The molecule has 3 rings (SSSR count). The molecular formula is C21H26N2O3. The second-order valence-corrected chi connectivity index (χ2v) is 7.79. The number of nitrogens with one attached hydrogen (secondary N) is 1. The van der Waals surface area contributed by atoms with E-state index >= 15 is 0 Å². The predicted octanol–water partition coefficient (Wildman–Crippen LogP) is 4.35. The van der Waals surface area contributed by atoms with Gasteiger partial charge in [0.15, 0.2) is 0 Å². The van der Waals surface area contributed by atoms with Crippen molar-refractivity contribution in [3.05, 3.63) is 42.0 Å². The first-order valence-corrected chi connectivity index (χ1v) is 9.09. The topological polar surface area (TPSA) is 58.6 Å². The van der Waals surface area contributed by atoms with Crippen LogP contribution >= 0.6 is 0 Å². The van der Waals surface area contributed by atoms with Crippen LogP contribution in [-0.4, -0.2) is 35.6 Å². The quantitative estimate of drug-likeness (QED) is 0.831. The highest BCUT2D eigenvalue weighted by atomic mass is 16.6. The van der Waals surface area contributed by atoms with Gasteiger partial charge in [-0.2, -0.15) is 0 Å². The van der Waals surface area contributed by atoms with E-state index in [1.165, 1.54) is 5.56 Å². The molecule has 0 unspecified atom stereocenters. The first-order chi connectivity index (χ1) is 12.4. The third-order valence-corrected chi connectivity index (χ3v) is 4.66.